The van der Waals surface area contributed by atoms with Gasteiger partial charge in [0, 0.05) is 17.2 Å². The Hall–Kier alpha value is -1.55. The van der Waals surface area contributed by atoms with Crippen LogP contribution in [0, 0.1) is 5.92 Å². The van der Waals surface area contributed by atoms with Crippen molar-refractivity contribution in [3.63, 3.8) is 0 Å². The van der Waals surface area contributed by atoms with Gasteiger partial charge in [-0.25, -0.2) is 0 Å². The van der Waals surface area contributed by atoms with Gasteiger partial charge in [0.2, 0.25) is 5.91 Å². The summed E-state index contributed by atoms with van der Waals surface area (Å²) in [6.45, 7) is 5.98. The number of aliphatic hydroxyl groups is 1. The van der Waals surface area contributed by atoms with E-state index in [-0.39, 0.29) is 18.4 Å². The number of hydrogen-bond donors (Lipinski definition) is 2. The summed E-state index contributed by atoms with van der Waals surface area (Å²) in [6.07, 6.45) is 0. The molecule has 17 heavy (non-hydrogen) atoms. The maximum Gasteiger partial charge on any atom is 0.226 e. The molecule has 4 nitrogen and oxygen atoms in total. The molecule has 1 amide bonds. The highest BCUT2D eigenvalue weighted by atomic mass is 16.5. The van der Waals surface area contributed by atoms with Crippen molar-refractivity contribution in [2.24, 2.45) is 5.92 Å². The monoisotopic (exact) mass is 237 g/mol. The molecule has 0 atom stereocenters. The minimum atomic E-state index is -0.110. The van der Waals surface area contributed by atoms with E-state index in [0.717, 1.165) is 0 Å². The highest BCUT2D eigenvalue weighted by Crippen LogP contribution is 2.23. The van der Waals surface area contributed by atoms with Gasteiger partial charge in [-0.3, -0.25) is 4.79 Å². The van der Waals surface area contributed by atoms with Crippen LogP contribution in [-0.2, 0) is 11.4 Å². The van der Waals surface area contributed by atoms with Crippen LogP contribution in [0.3, 0.4) is 0 Å². The number of carbonyl (C=O) groups is 1. The van der Waals surface area contributed by atoms with Crippen molar-refractivity contribution in [3.8, 4) is 5.75 Å². The lowest BCUT2D eigenvalue weighted by molar-refractivity contribution is -0.118. The summed E-state index contributed by atoms with van der Waals surface area (Å²) in [5.41, 5.74) is 1.35. The second-order valence-electron chi connectivity index (χ2n) is 4.06. The molecule has 0 saturated carbocycles. The fourth-order valence-corrected chi connectivity index (χ4v) is 1.36. The number of carbonyl (C=O) groups excluding carboxylic acids is 1. The lowest BCUT2D eigenvalue weighted by atomic mass is 10.1. The van der Waals surface area contributed by atoms with Crippen molar-refractivity contribution in [2.75, 3.05) is 11.9 Å². The van der Waals surface area contributed by atoms with Crippen LogP contribution >= 0.6 is 0 Å². The number of amides is 1. The van der Waals surface area contributed by atoms with Gasteiger partial charge in [-0.1, -0.05) is 13.8 Å². The van der Waals surface area contributed by atoms with Gasteiger partial charge < -0.3 is 15.2 Å². The zero-order valence-electron chi connectivity index (χ0n) is 10.5. The average molecular weight is 237 g/mol. The quantitative estimate of drug-likeness (QED) is 0.825. The van der Waals surface area contributed by atoms with Crippen LogP contribution < -0.4 is 10.1 Å². The molecule has 1 aromatic carbocycles. The third-order valence-electron chi connectivity index (χ3n) is 2.32. The van der Waals surface area contributed by atoms with Gasteiger partial charge in [-0.05, 0) is 25.1 Å². The molecule has 0 saturated heterocycles. The van der Waals surface area contributed by atoms with Crippen molar-refractivity contribution in [1.29, 1.82) is 0 Å². The first-order valence-electron chi connectivity index (χ1n) is 5.76. The molecule has 0 aliphatic heterocycles. The number of hydrogen-bond acceptors (Lipinski definition) is 3. The standard InChI is InChI=1S/C13H19NO3/c1-4-17-12-6-5-11(7-10(12)8-15)14-13(16)9(2)3/h5-7,9,15H,4,8H2,1-3H3,(H,14,16). The molecule has 0 unspecified atom stereocenters. The summed E-state index contributed by atoms with van der Waals surface area (Å²) < 4.78 is 5.36. The number of rotatable bonds is 5. The molecule has 0 heterocycles. The fraction of sp³-hybridized carbons (Fsp3) is 0.462. The number of anilines is 1. The van der Waals surface area contributed by atoms with Gasteiger partial charge in [-0.2, -0.15) is 0 Å². The van der Waals surface area contributed by atoms with Crippen LogP contribution in [0.25, 0.3) is 0 Å². The Balaban J connectivity index is 2.85. The number of nitrogens with one attached hydrogen (secondary N) is 1. The van der Waals surface area contributed by atoms with Crippen LogP contribution in [0.2, 0.25) is 0 Å². The summed E-state index contributed by atoms with van der Waals surface area (Å²) >= 11 is 0. The van der Waals surface area contributed by atoms with Crippen LogP contribution in [0.4, 0.5) is 5.69 Å². The predicted octanol–water partition coefficient (Wildman–Crippen LogP) is 2.17. The Bertz CT molecular complexity index is 388. The van der Waals surface area contributed by atoms with Crippen molar-refractivity contribution < 1.29 is 14.6 Å². The molecule has 1 rings (SSSR count). The smallest absolute Gasteiger partial charge is 0.226 e. The summed E-state index contributed by atoms with van der Waals surface area (Å²) in [7, 11) is 0. The zero-order valence-corrected chi connectivity index (χ0v) is 10.5. The van der Waals surface area contributed by atoms with E-state index in [2.05, 4.69) is 5.32 Å². The topological polar surface area (TPSA) is 58.6 Å². The van der Waals surface area contributed by atoms with Crippen LogP contribution in [-0.4, -0.2) is 17.6 Å². The minimum absolute atomic E-state index is 0.0435. The lowest BCUT2D eigenvalue weighted by Crippen LogP contribution is -2.17. The Morgan fingerprint density at radius 3 is 2.71 bits per heavy atom. The fourth-order valence-electron chi connectivity index (χ4n) is 1.36. The molecular formula is C13H19NO3. The second-order valence-corrected chi connectivity index (χ2v) is 4.06. The van der Waals surface area contributed by atoms with E-state index >= 15 is 0 Å². The van der Waals surface area contributed by atoms with Gasteiger partial charge in [0.1, 0.15) is 5.75 Å². The van der Waals surface area contributed by atoms with Gasteiger partial charge >= 0.3 is 0 Å². The summed E-state index contributed by atoms with van der Waals surface area (Å²) in [5.74, 6) is 0.537. The zero-order chi connectivity index (χ0) is 12.8. The van der Waals surface area contributed by atoms with E-state index in [1.807, 2.05) is 20.8 Å². The highest BCUT2D eigenvalue weighted by molar-refractivity contribution is 5.92. The minimum Gasteiger partial charge on any atom is -0.494 e. The SMILES string of the molecule is CCOc1ccc(NC(=O)C(C)C)cc1CO. The first kappa shape index (κ1) is 13.5. The highest BCUT2D eigenvalue weighted by Gasteiger charge is 2.09. The van der Waals surface area contributed by atoms with Gasteiger partial charge in [0.15, 0.2) is 0 Å². The van der Waals surface area contributed by atoms with Gasteiger partial charge in [0.25, 0.3) is 0 Å². The van der Waals surface area contributed by atoms with E-state index in [1.165, 1.54) is 0 Å². The third kappa shape index (κ3) is 3.75. The molecule has 1 aromatic rings. The van der Waals surface area contributed by atoms with Crippen LogP contribution in [0.5, 0.6) is 5.75 Å². The maximum atomic E-state index is 11.5. The molecule has 0 aromatic heterocycles. The maximum absolute atomic E-state index is 11.5. The normalized spacial score (nSPS) is 10.4. The van der Waals surface area contributed by atoms with Crippen LogP contribution in [0.15, 0.2) is 18.2 Å². The van der Waals surface area contributed by atoms with Gasteiger partial charge in [0.05, 0.1) is 13.2 Å². The van der Waals surface area contributed by atoms with Crippen molar-refractivity contribution in [1.82, 2.24) is 0 Å². The summed E-state index contributed by atoms with van der Waals surface area (Å²) in [4.78, 5) is 11.5. The molecule has 0 fully saturated rings. The molecule has 0 bridgehead atoms. The van der Waals surface area contributed by atoms with E-state index < -0.39 is 0 Å². The van der Waals surface area contributed by atoms with E-state index in [1.54, 1.807) is 18.2 Å². The number of ether oxygens (including phenoxy) is 1. The predicted molar refractivity (Wildman–Crippen MR) is 67.0 cm³/mol. The Morgan fingerprint density at radius 1 is 1.47 bits per heavy atom. The summed E-state index contributed by atoms with van der Waals surface area (Å²) in [5, 5.41) is 12.0. The summed E-state index contributed by atoms with van der Waals surface area (Å²) in [6, 6.07) is 5.25. The number of aliphatic hydroxyl groups excluding tert-OH is 1. The van der Waals surface area contributed by atoms with Crippen molar-refractivity contribution >= 4 is 11.6 Å². The molecule has 0 aliphatic rings. The second kappa shape index (κ2) is 6.25. The third-order valence-corrected chi connectivity index (χ3v) is 2.32. The van der Waals surface area contributed by atoms with Crippen molar-refractivity contribution in [2.45, 2.75) is 27.4 Å². The van der Waals surface area contributed by atoms with Crippen molar-refractivity contribution in [3.05, 3.63) is 23.8 Å². The number of benzene rings is 1. The van der Waals surface area contributed by atoms with E-state index in [4.69, 9.17) is 4.74 Å². The van der Waals surface area contributed by atoms with E-state index in [0.29, 0.717) is 23.6 Å². The first-order valence-corrected chi connectivity index (χ1v) is 5.76. The molecule has 2 N–H and O–H groups in total. The molecular weight excluding hydrogens is 218 g/mol. The lowest BCUT2D eigenvalue weighted by Gasteiger charge is -2.12. The van der Waals surface area contributed by atoms with Gasteiger partial charge in [-0.15, -0.1) is 0 Å². The largest absolute Gasteiger partial charge is 0.494 e. The Morgan fingerprint density at radius 2 is 2.18 bits per heavy atom. The average Bonchev–Trinajstić information content (AvgIpc) is 2.31. The molecule has 94 valence electrons. The molecule has 0 aliphatic carbocycles. The molecule has 4 heteroatoms. The first-order chi connectivity index (χ1) is 8.08. The molecule has 0 radical (unpaired) electrons. The van der Waals surface area contributed by atoms with E-state index in [9.17, 15) is 9.90 Å². The Kier molecular flexibility index (Phi) is 4.97. The molecule has 0 spiro atoms. The Labute approximate surface area is 102 Å². The van der Waals surface area contributed by atoms with Crippen LogP contribution in [0.1, 0.15) is 26.3 Å².